The van der Waals surface area contributed by atoms with Crippen molar-refractivity contribution in [1.29, 1.82) is 0 Å². The smallest absolute Gasteiger partial charge is 0.136 e. The van der Waals surface area contributed by atoms with Crippen LogP contribution < -0.4 is 0 Å². The Labute approximate surface area is 293 Å². The zero-order valence-electron chi connectivity index (χ0n) is 39.4. The third-order valence-electron chi connectivity index (χ3n) is 8.57. The molecule has 0 saturated carbocycles. The Kier molecular flexibility index (Phi) is 3.33. The minimum atomic E-state index is -0.601. The quantitative estimate of drug-likeness (QED) is 0.181. The summed E-state index contributed by atoms with van der Waals surface area (Å²) >= 11 is 0. The first-order chi connectivity index (χ1) is 29.6. The van der Waals surface area contributed by atoms with E-state index >= 15 is 0 Å². The van der Waals surface area contributed by atoms with E-state index < -0.39 is 66.5 Å². The minimum absolute atomic E-state index is 0.0278. The number of benzene rings is 9. The summed E-state index contributed by atoms with van der Waals surface area (Å²) in [6, 6.07) is 16.2. The lowest BCUT2D eigenvalue weighted by Crippen LogP contribution is -1.92. The molecule has 0 fully saturated rings. The van der Waals surface area contributed by atoms with Crippen LogP contribution in [-0.4, -0.2) is 0 Å². The zero-order chi connectivity index (χ0) is 44.0. The second-order valence-corrected chi connectivity index (χ2v) is 11.2. The second kappa shape index (κ2) is 10.2. The Morgan fingerprint density at radius 1 is 0.362 bits per heavy atom. The van der Waals surface area contributed by atoms with Crippen molar-refractivity contribution in [2.24, 2.45) is 0 Å². The van der Waals surface area contributed by atoms with Crippen LogP contribution in [0.4, 0.5) is 0 Å². The van der Waals surface area contributed by atoms with Gasteiger partial charge in [0.15, 0.2) is 0 Å². The topological polar surface area (TPSA) is 13.1 Å². The van der Waals surface area contributed by atoms with E-state index in [0.29, 0.717) is 38.2 Å². The van der Waals surface area contributed by atoms with E-state index in [4.69, 9.17) is 16.8 Å². The molecule has 1 heterocycles. The first-order valence-corrected chi connectivity index (χ1v) is 15.0. The van der Waals surface area contributed by atoms with Gasteiger partial charge in [-0.3, -0.25) is 0 Å². The molecule has 0 aliphatic carbocycles. The lowest BCUT2D eigenvalue weighted by molar-refractivity contribution is 0.669. The minimum Gasteiger partial charge on any atom is -0.456 e. The highest BCUT2D eigenvalue weighted by atomic mass is 16.3. The highest BCUT2D eigenvalue weighted by Crippen LogP contribution is 2.46. The maximum Gasteiger partial charge on any atom is 0.136 e. The lowest BCUT2D eigenvalue weighted by atomic mass is 9.84. The maximum atomic E-state index is 9.85. The molecule has 10 rings (SSSR count). The molecule has 0 saturated heterocycles. The van der Waals surface area contributed by atoms with Gasteiger partial charge in [0.05, 0.1) is 20.6 Å². The van der Waals surface area contributed by atoms with E-state index in [2.05, 4.69) is 0 Å². The van der Waals surface area contributed by atoms with E-state index in [-0.39, 0.29) is 84.3 Å². The predicted octanol–water partition coefficient (Wildman–Crippen LogP) is 13.2. The molecule has 0 aliphatic rings. The molecule has 0 radical (unpaired) electrons. The van der Waals surface area contributed by atoms with Crippen LogP contribution in [-0.2, 0) is 0 Å². The van der Waals surface area contributed by atoms with Gasteiger partial charge in [0.1, 0.15) is 11.2 Å². The van der Waals surface area contributed by atoms with Crippen LogP contribution in [0.15, 0.2) is 174 Å². The van der Waals surface area contributed by atoms with E-state index in [1.165, 1.54) is 0 Å². The molecule has 0 atom stereocenters. The van der Waals surface area contributed by atoms with Crippen molar-refractivity contribution in [3.05, 3.63) is 169 Å². The van der Waals surface area contributed by atoms with E-state index in [1.54, 1.807) is 78.9 Å². The Morgan fingerprint density at radius 3 is 1.64 bits per heavy atom. The van der Waals surface area contributed by atoms with Crippen molar-refractivity contribution >= 4 is 65.0 Å². The Balaban J connectivity index is 1.39. The molecule has 1 aromatic heterocycles. The van der Waals surface area contributed by atoms with E-state index in [9.17, 15) is 8.22 Å². The Hall–Kier alpha value is -6.18. The molecule has 0 amide bonds. The summed E-state index contributed by atoms with van der Waals surface area (Å²) in [6.45, 7) is 0. The van der Waals surface area contributed by atoms with Crippen molar-refractivity contribution in [2.75, 3.05) is 0 Å². The van der Waals surface area contributed by atoms with Gasteiger partial charge in [-0.25, -0.2) is 0 Å². The number of rotatable bonds is 3. The highest BCUT2D eigenvalue weighted by molar-refractivity contribution is 6.23. The summed E-state index contributed by atoms with van der Waals surface area (Å²) in [6.07, 6.45) is 0. The number of fused-ring (bicyclic) bond motifs is 7. The van der Waals surface area contributed by atoms with Crippen molar-refractivity contribution < 1.29 is 25.0 Å². The van der Waals surface area contributed by atoms with Crippen LogP contribution in [0.5, 0.6) is 0 Å². The molecule has 47 heavy (non-hydrogen) atoms. The van der Waals surface area contributed by atoms with Crippen LogP contribution in [0.1, 0.15) is 20.6 Å². The molecule has 0 bridgehead atoms. The van der Waals surface area contributed by atoms with E-state index in [1.807, 2.05) is 0 Å². The number of hydrogen-bond donors (Lipinski definition) is 0. The lowest BCUT2D eigenvalue weighted by Gasteiger charge is -2.19. The summed E-state index contributed by atoms with van der Waals surface area (Å²) in [5.41, 5.74) is 0.995. The van der Waals surface area contributed by atoms with Gasteiger partial charge in [-0.2, -0.15) is 0 Å². The highest BCUT2D eigenvalue weighted by Gasteiger charge is 2.19. The van der Waals surface area contributed by atoms with Gasteiger partial charge < -0.3 is 4.42 Å². The Bertz CT molecular complexity index is 3630. The third kappa shape index (κ3) is 4.03. The van der Waals surface area contributed by atoms with Gasteiger partial charge >= 0.3 is 0 Å². The number of furan rings is 1. The van der Waals surface area contributed by atoms with Crippen LogP contribution >= 0.6 is 0 Å². The molecule has 0 unspecified atom stereocenters. The summed E-state index contributed by atoms with van der Waals surface area (Å²) in [5.74, 6) is 0. The standard InChI is InChI=1S/C46H28O/c1-2-12-29(13-3-1)40-27-34(24-32-16-6-7-17-35(32)40)46-38-20-10-8-18-36(38)45(37-19-9-11-21-39(37)46)33-22-23-43-41(26-33)42-25-30-14-4-5-15-31(30)28-44(42)47-43/h1-28H/i4D,5D,6D,7D,14D,15D,16D,17D,22D,23D,24D,25D,26D,27D,28D. The van der Waals surface area contributed by atoms with Gasteiger partial charge in [0, 0.05) is 10.8 Å². The van der Waals surface area contributed by atoms with Gasteiger partial charge in [0.2, 0.25) is 0 Å². The molecule has 9 aromatic carbocycles. The van der Waals surface area contributed by atoms with Gasteiger partial charge in [-0.1, -0.05) is 133 Å². The predicted molar refractivity (Wildman–Crippen MR) is 200 cm³/mol. The monoisotopic (exact) mass is 611 g/mol. The van der Waals surface area contributed by atoms with E-state index in [0.717, 1.165) is 0 Å². The molecule has 218 valence electrons. The SMILES string of the molecule is [2H]c1c(-c2c3ccccc3c(-c3c([2H])c(-c4ccccc4)c4c([2H])c([2H])c([2H])c([2H])c4c3[2H])c3ccccc23)c([2H])c2c(oc3c([2H])c4c([2H])c([2H])c([2H])c([2H])c4c([2H])c32)c1[2H]. The van der Waals surface area contributed by atoms with Gasteiger partial charge in [-0.05, 0) is 113 Å². The average Bonchev–Trinajstić information content (AvgIpc) is 3.69. The molecule has 0 spiro atoms. The van der Waals surface area contributed by atoms with Crippen molar-refractivity contribution in [3.8, 4) is 33.4 Å². The summed E-state index contributed by atoms with van der Waals surface area (Å²) in [4.78, 5) is 0. The zero-order valence-corrected chi connectivity index (χ0v) is 24.4. The van der Waals surface area contributed by atoms with Crippen molar-refractivity contribution in [1.82, 2.24) is 0 Å². The van der Waals surface area contributed by atoms with Crippen LogP contribution in [0, 0.1) is 0 Å². The normalized spacial score (nSPS) is 16.3. The summed E-state index contributed by atoms with van der Waals surface area (Å²) in [5, 5.41) is 1.15. The maximum absolute atomic E-state index is 9.85. The molecule has 1 nitrogen and oxygen atoms in total. The third-order valence-corrected chi connectivity index (χ3v) is 8.57. The fraction of sp³-hybridized carbons (Fsp3) is 0. The molecule has 0 N–H and O–H groups in total. The molecular weight excluding hydrogens is 569 g/mol. The average molecular weight is 612 g/mol. The molecule has 10 aromatic rings. The largest absolute Gasteiger partial charge is 0.456 e. The Morgan fingerprint density at radius 2 is 0.936 bits per heavy atom. The van der Waals surface area contributed by atoms with Gasteiger partial charge in [-0.15, -0.1) is 0 Å². The summed E-state index contributed by atoms with van der Waals surface area (Å²) < 4.78 is 141. The fourth-order valence-corrected chi connectivity index (χ4v) is 6.54. The van der Waals surface area contributed by atoms with Crippen molar-refractivity contribution in [3.63, 3.8) is 0 Å². The number of hydrogen-bond acceptors (Lipinski definition) is 1. The van der Waals surface area contributed by atoms with Crippen LogP contribution in [0.2, 0.25) is 0 Å². The van der Waals surface area contributed by atoms with Crippen molar-refractivity contribution in [2.45, 2.75) is 0 Å². The second-order valence-electron chi connectivity index (χ2n) is 11.2. The van der Waals surface area contributed by atoms with Crippen LogP contribution in [0.25, 0.3) is 98.4 Å². The first kappa shape index (κ1) is 15.4. The van der Waals surface area contributed by atoms with Gasteiger partial charge in [0.25, 0.3) is 0 Å². The molecular formula is C46H28O. The fourth-order valence-electron chi connectivity index (χ4n) is 6.54. The molecule has 1 heteroatoms. The summed E-state index contributed by atoms with van der Waals surface area (Å²) in [7, 11) is 0. The van der Waals surface area contributed by atoms with Crippen LogP contribution in [0.3, 0.4) is 0 Å². The molecule has 0 aliphatic heterocycles. The first-order valence-electron chi connectivity index (χ1n) is 22.5.